The fraction of sp³-hybridized carbons (Fsp3) is 1.00. The summed E-state index contributed by atoms with van der Waals surface area (Å²) in [4.78, 5) is 2.47. The van der Waals surface area contributed by atoms with Crippen LogP contribution in [0, 0.1) is 0 Å². The van der Waals surface area contributed by atoms with Gasteiger partial charge in [-0.1, -0.05) is 13.8 Å². The molecule has 0 aromatic heterocycles. The number of hydrogen-bond donors (Lipinski definition) is 1. The van der Waals surface area contributed by atoms with Crippen molar-refractivity contribution in [3.63, 3.8) is 0 Å². The van der Waals surface area contributed by atoms with Crippen molar-refractivity contribution in [3.8, 4) is 0 Å². The molecule has 0 atom stereocenters. The molecule has 3 nitrogen and oxygen atoms in total. The second-order valence-corrected chi connectivity index (χ2v) is 5.07. The maximum atomic E-state index is 5.33. The van der Waals surface area contributed by atoms with Crippen molar-refractivity contribution in [3.05, 3.63) is 0 Å². The van der Waals surface area contributed by atoms with Crippen LogP contribution in [0.1, 0.15) is 27.7 Å². The molecule has 0 saturated carbocycles. The molecule has 0 radical (unpaired) electrons. The second-order valence-electron chi connectivity index (χ2n) is 5.07. The molecule has 0 amide bonds. The van der Waals surface area contributed by atoms with Crippen LogP contribution in [0.2, 0.25) is 0 Å². The lowest BCUT2D eigenvalue weighted by Crippen LogP contribution is -2.53. The average Bonchev–Trinajstić information content (AvgIpc) is 2.02. The minimum absolute atomic E-state index is 0.200. The number of rotatable bonds is 4. The fourth-order valence-corrected chi connectivity index (χ4v) is 2.15. The summed E-state index contributed by atoms with van der Waals surface area (Å²) < 4.78 is 5.33. The lowest BCUT2D eigenvalue weighted by molar-refractivity contribution is 0.0263. The molecule has 0 aromatic rings. The number of hydrogen-bond acceptors (Lipinski definition) is 3. The Morgan fingerprint density at radius 1 is 1.29 bits per heavy atom. The van der Waals surface area contributed by atoms with E-state index in [1.54, 1.807) is 0 Å². The Morgan fingerprint density at radius 2 is 1.86 bits per heavy atom. The first-order valence-electron chi connectivity index (χ1n) is 5.57. The zero-order valence-electron chi connectivity index (χ0n) is 9.97. The Kier molecular flexibility index (Phi) is 4.35. The first kappa shape index (κ1) is 12.0. The highest BCUT2D eigenvalue weighted by Crippen LogP contribution is 2.08. The summed E-state index contributed by atoms with van der Waals surface area (Å²) in [5, 5.41) is 3.58. The van der Waals surface area contributed by atoms with Gasteiger partial charge in [0.15, 0.2) is 0 Å². The minimum Gasteiger partial charge on any atom is -0.379 e. The van der Waals surface area contributed by atoms with Gasteiger partial charge >= 0.3 is 0 Å². The summed E-state index contributed by atoms with van der Waals surface area (Å²) in [5.74, 6) is 0. The van der Waals surface area contributed by atoms with Gasteiger partial charge in [0, 0.05) is 31.2 Å². The van der Waals surface area contributed by atoms with Crippen molar-refractivity contribution in [2.75, 3.05) is 32.8 Å². The Hall–Kier alpha value is -0.120. The van der Waals surface area contributed by atoms with E-state index in [0.717, 1.165) is 32.8 Å². The third kappa shape index (κ3) is 4.40. The van der Waals surface area contributed by atoms with Crippen molar-refractivity contribution < 1.29 is 4.74 Å². The average molecular weight is 200 g/mol. The van der Waals surface area contributed by atoms with E-state index in [2.05, 4.69) is 37.9 Å². The predicted octanol–water partition coefficient (Wildman–Crippen LogP) is 1.10. The third-order valence-electron chi connectivity index (χ3n) is 2.40. The summed E-state index contributed by atoms with van der Waals surface area (Å²) in [6, 6.07) is 0.547. The molecule has 0 unspecified atom stereocenters. The quantitative estimate of drug-likeness (QED) is 0.735. The summed E-state index contributed by atoms with van der Waals surface area (Å²) >= 11 is 0. The van der Waals surface area contributed by atoms with Crippen LogP contribution >= 0.6 is 0 Å². The SMILES string of the molecule is CC(C)NC(C)(C)CN1CCOCC1. The largest absolute Gasteiger partial charge is 0.379 e. The molecule has 1 N–H and O–H groups in total. The van der Waals surface area contributed by atoms with Gasteiger partial charge in [0.25, 0.3) is 0 Å². The van der Waals surface area contributed by atoms with E-state index >= 15 is 0 Å². The van der Waals surface area contributed by atoms with Crippen molar-refractivity contribution >= 4 is 0 Å². The summed E-state index contributed by atoms with van der Waals surface area (Å²) in [7, 11) is 0. The number of nitrogens with one attached hydrogen (secondary N) is 1. The molecule has 0 aromatic carbocycles. The van der Waals surface area contributed by atoms with Gasteiger partial charge < -0.3 is 10.1 Å². The molecule has 0 spiro atoms. The molecule has 84 valence electrons. The van der Waals surface area contributed by atoms with Gasteiger partial charge in [-0.2, -0.15) is 0 Å². The van der Waals surface area contributed by atoms with Gasteiger partial charge in [0.2, 0.25) is 0 Å². The van der Waals surface area contributed by atoms with E-state index in [1.165, 1.54) is 0 Å². The zero-order valence-corrected chi connectivity index (χ0v) is 9.97. The monoisotopic (exact) mass is 200 g/mol. The van der Waals surface area contributed by atoms with E-state index in [4.69, 9.17) is 4.74 Å². The lowest BCUT2D eigenvalue weighted by Gasteiger charge is -2.36. The Balaban J connectivity index is 2.32. The Labute approximate surface area is 87.8 Å². The van der Waals surface area contributed by atoms with Gasteiger partial charge in [-0.15, -0.1) is 0 Å². The molecular formula is C11H24N2O. The highest BCUT2D eigenvalue weighted by molar-refractivity contribution is 4.83. The maximum absolute atomic E-state index is 5.33. The molecule has 14 heavy (non-hydrogen) atoms. The molecule has 1 saturated heterocycles. The van der Waals surface area contributed by atoms with Gasteiger partial charge in [0.05, 0.1) is 13.2 Å². The van der Waals surface area contributed by atoms with Crippen molar-refractivity contribution in [2.45, 2.75) is 39.3 Å². The van der Waals surface area contributed by atoms with Crippen LogP contribution in [-0.4, -0.2) is 49.3 Å². The number of morpholine rings is 1. The highest BCUT2D eigenvalue weighted by atomic mass is 16.5. The van der Waals surface area contributed by atoms with E-state index in [-0.39, 0.29) is 5.54 Å². The molecule has 1 aliphatic heterocycles. The van der Waals surface area contributed by atoms with Gasteiger partial charge in [-0.3, -0.25) is 4.90 Å². The van der Waals surface area contributed by atoms with Crippen LogP contribution in [-0.2, 0) is 4.74 Å². The van der Waals surface area contributed by atoms with Gasteiger partial charge in [-0.05, 0) is 13.8 Å². The summed E-state index contributed by atoms with van der Waals surface area (Å²) in [6.07, 6.45) is 0. The first-order valence-corrected chi connectivity index (χ1v) is 5.57. The van der Waals surface area contributed by atoms with Crippen molar-refractivity contribution in [2.24, 2.45) is 0 Å². The lowest BCUT2D eigenvalue weighted by atomic mass is 10.0. The van der Waals surface area contributed by atoms with Crippen LogP contribution in [0.5, 0.6) is 0 Å². The van der Waals surface area contributed by atoms with Gasteiger partial charge in [0.1, 0.15) is 0 Å². The standard InChI is InChI=1S/C11H24N2O/c1-10(2)12-11(3,4)9-13-5-7-14-8-6-13/h10,12H,5-9H2,1-4H3. The van der Waals surface area contributed by atoms with E-state index in [0.29, 0.717) is 6.04 Å². The fourth-order valence-electron chi connectivity index (χ4n) is 2.15. The topological polar surface area (TPSA) is 24.5 Å². The zero-order chi connectivity index (χ0) is 10.6. The van der Waals surface area contributed by atoms with Crippen LogP contribution < -0.4 is 5.32 Å². The maximum Gasteiger partial charge on any atom is 0.0594 e. The number of nitrogens with zero attached hydrogens (tertiary/aromatic N) is 1. The molecule has 0 aliphatic carbocycles. The first-order chi connectivity index (χ1) is 6.49. The highest BCUT2D eigenvalue weighted by Gasteiger charge is 2.23. The molecule has 1 heterocycles. The van der Waals surface area contributed by atoms with Crippen molar-refractivity contribution in [1.29, 1.82) is 0 Å². The predicted molar refractivity (Wildman–Crippen MR) is 59.6 cm³/mol. The molecule has 1 fully saturated rings. The van der Waals surface area contributed by atoms with E-state index in [1.807, 2.05) is 0 Å². The Morgan fingerprint density at radius 3 is 2.36 bits per heavy atom. The van der Waals surface area contributed by atoms with Crippen LogP contribution in [0.3, 0.4) is 0 Å². The van der Waals surface area contributed by atoms with Crippen LogP contribution in [0.4, 0.5) is 0 Å². The Bertz CT molecular complexity index is 163. The summed E-state index contributed by atoms with van der Waals surface area (Å²) in [6.45, 7) is 13.9. The normalized spacial score (nSPS) is 20.4. The molecule has 3 heteroatoms. The minimum atomic E-state index is 0.200. The molecular weight excluding hydrogens is 176 g/mol. The second kappa shape index (κ2) is 5.10. The molecule has 1 rings (SSSR count). The number of ether oxygens (including phenoxy) is 1. The summed E-state index contributed by atoms with van der Waals surface area (Å²) in [5.41, 5.74) is 0.200. The molecule has 1 aliphatic rings. The van der Waals surface area contributed by atoms with E-state index in [9.17, 15) is 0 Å². The van der Waals surface area contributed by atoms with Crippen LogP contribution in [0.15, 0.2) is 0 Å². The molecule has 0 bridgehead atoms. The van der Waals surface area contributed by atoms with Crippen molar-refractivity contribution in [1.82, 2.24) is 10.2 Å². The third-order valence-corrected chi connectivity index (χ3v) is 2.40. The van der Waals surface area contributed by atoms with Gasteiger partial charge in [-0.25, -0.2) is 0 Å². The van der Waals surface area contributed by atoms with E-state index < -0.39 is 0 Å². The smallest absolute Gasteiger partial charge is 0.0594 e. The van der Waals surface area contributed by atoms with Crippen LogP contribution in [0.25, 0.3) is 0 Å².